The number of nitrogens with one attached hydrogen (secondary N) is 1. The predicted molar refractivity (Wildman–Crippen MR) is 80.1 cm³/mol. The highest BCUT2D eigenvalue weighted by Crippen LogP contribution is 2.28. The molecule has 0 aromatic carbocycles. The van der Waals surface area contributed by atoms with Crippen LogP contribution in [0.3, 0.4) is 0 Å². The number of rotatable bonds is 5. The lowest BCUT2D eigenvalue weighted by Gasteiger charge is -2.20. The predicted octanol–water partition coefficient (Wildman–Crippen LogP) is 3.07. The van der Waals surface area contributed by atoms with Crippen LogP contribution in [0.25, 0.3) is 0 Å². The maximum Gasteiger partial charge on any atom is 0.0774 e. The SMILES string of the molecule is CCNC(c1ccc(C)nc1)c1c(Br)cnn1CC. The van der Waals surface area contributed by atoms with Gasteiger partial charge in [0.25, 0.3) is 0 Å². The largest absolute Gasteiger partial charge is 0.305 e. The van der Waals surface area contributed by atoms with Crippen molar-refractivity contribution >= 4 is 15.9 Å². The lowest BCUT2D eigenvalue weighted by molar-refractivity contribution is 0.539. The summed E-state index contributed by atoms with van der Waals surface area (Å²) in [5.74, 6) is 0. The lowest BCUT2D eigenvalue weighted by atomic mass is 10.1. The number of halogens is 1. The van der Waals surface area contributed by atoms with Gasteiger partial charge < -0.3 is 5.32 Å². The molecule has 0 aliphatic rings. The van der Waals surface area contributed by atoms with Crippen molar-refractivity contribution in [2.45, 2.75) is 33.4 Å². The van der Waals surface area contributed by atoms with Crippen LogP contribution >= 0.6 is 15.9 Å². The molecule has 0 saturated carbocycles. The summed E-state index contributed by atoms with van der Waals surface area (Å²) >= 11 is 3.60. The average molecular weight is 323 g/mol. The van der Waals surface area contributed by atoms with Crippen LogP contribution in [0.4, 0.5) is 0 Å². The third kappa shape index (κ3) is 3.04. The third-order valence-corrected chi connectivity index (χ3v) is 3.69. The molecule has 0 aliphatic carbocycles. The summed E-state index contributed by atoms with van der Waals surface area (Å²) in [4.78, 5) is 4.39. The molecule has 0 radical (unpaired) electrons. The fourth-order valence-corrected chi connectivity index (χ4v) is 2.66. The highest BCUT2D eigenvalue weighted by molar-refractivity contribution is 9.10. The molecular weight excluding hydrogens is 304 g/mol. The molecule has 1 atom stereocenters. The summed E-state index contributed by atoms with van der Waals surface area (Å²) < 4.78 is 3.04. The summed E-state index contributed by atoms with van der Waals surface area (Å²) in [6, 6.07) is 4.27. The molecule has 0 amide bonds. The summed E-state index contributed by atoms with van der Waals surface area (Å²) in [6.07, 6.45) is 3.78. The molecule has 2 aromatic rings. The monoisotopic (exact) mass is 322 g/mol. The van der Waals surface area contributed by atoms with Crippen LogP contribution in [-0.4, -0.2) is 21.3 Å². The number of aryl methyl sites for hydroxylation is 2. The van der Waals surface area contributed by atoms with Crippen molar-refractivity contribution in [2.24, 2.45) is 0 Å². The summed E-state index contributed by atoms with van der Waals surface area (Å²) in [7, 11) is 0. The molecule has 0 fully saturated rings. The van der Waals surface area contributed by atoms with E-state index in [1.165, 1.54) is 0 Å². The van der Waals surface area contributed by atoms with Gasteiger partial charge in [-0.2, -0.15) is 5.10 Å². The van der Waals surface area contributed by atoms with Crippen LogP contribution in [0, 0.1) is 6.92 Å². The zero-order valence-electron chi connectivity index (χ0n) is 11.5. The van der Waals surface area contributed by atoms with Gasteiger partial charge in [0.05, 0.1) is 22.4 Å². The smallest absolute Gasteiger partial charge is 0.0774 e. The standard InChI is InChI=1S/C14H19BrN4/c1-4-16-13(11-7-6-10(3)17-8-11)14-12(15)9-18-19(14)5-2/h6-9,13,16H,4-5H2,1-3H3. The van der Waals surface area contributed by atoms with E-state index in [9.17, 15) is 0 Å². The van der Waals surface area contributed by atoms with Gasteiger partial charge >= 0.3 is 0 Å². The van der Waals surface area contributed by atoms with Crippen molar-refractivity contribution in [3.05, 3.63) is 46.0 Å². The fourth-order valence-electron chi connectivity index (χ4n) is 2.14. The molecule has 0 spiro atoms. The minimum Gasteiger partial charge on any atom is -0.305 e. The van der Waals surface area contributed by atoms with Crippen molar-refractivity contribution in [2.75, 3.05) is 6.54 Å². The van der Waals surface area contributed by atoms with E-state index >= 15 is 0 Å². The third-order valence-electron chi connectivity index (χ3n) is 3.08. The first-order valence-corrected chi connectivity index (χ1v) is 7.33. The van der Waals surface area contributed by atoms with E-state index in [2.05, 4.69) is 51.2 Å². The second kappa shape index (κ2) is 6.30. The number of pyridine rings is 1. The van der Waals surface area contributed by atoms with Crippen LogP contribution in [0.1, 0.15) is 36.8 Å². The maximum atomic E-state index is 4.39. The van der Waals surface area contributed by atoms with Crippen molar-refractivity contribution in [3.8, 4) is 0 Å². The molecule has 5 heteroatoms. The molecular formula is C14H19BrN4. The van der Waals surface area contributed by atoms with Gasteiger partial charge in [-0.1, -0.05) is 13.0 Å². The fraction of sp³-hybridized carbons (Fsp3) is 0.429. The Balaban J connectivity index is 2.44. The highest BCUT2D eigenvalue weighted by atomic mass is 79.9. The second-order valence-electron chi connectivity index (χ2n) is 4.42. The van der Waals surface area contributed by atoms with Gasteiger partial charge in [0.15, 0.2) is 0 Å². The van der Waals surface area contributed by atoms with Crippen LogP contribution in [0.15, 0.2) is 29.0 Å². The first-order valence-electron chi connectivity index (χ1n) is 6.54. The second-order valence-corrected chi connectivity index (χ2v) is 5.27. The Morgan fingerprint density at radius 2 is 2.11 bits per heavy atom. The van der Waals surface area contributed by atoms with Gasteiger partial charge in [0.2, 0.25) is 0 Å². The van der Waals surface area contributed by atoms with Gasteiger partial charge in [-0.05, 0) is 48.0 Å². The minimum absolute atomic E-state index is 0.106. The van der Waals surface area contributed by atoms with Crippen molar-refractivity contribution in [1.29, 1.82) is 0 Å². The number of hydrogen-bond acceptors (Lipinski definition) is 3. The van der Waals surface area contributed by atoms with E-state index in [0.717, 1.165) is 34.5 Å². The van der Waals surface area contributed by atoms with E-state index in [0.29, 0.717) is 0 Å². The molecule has 0 aliphatic heterocycles. The van der Waals surface area contributed by atoms with Crippen LogP contribution in [0.5, 0.6) is 0 Å². The molecule has 1 N–H and O–H groups in total. The Hall–Kier alpha value is -1.20. The van der Waals surface area contributed by atoms with E-state index in [1.807, 2.05) is 30.1 Å². The zero-order chi connectivity index (χ0) is 13.8. The first-order chi connectivity index (χ1) is 9.17. The number of nitrogens with zero attached hydrogens (tertiary/aromatic N) is 3. The van der Waals surface area contributed by atoms with Gasteiger partial charge in [0, 0.05) is 18.4 Å². The summed E-state index contributed by atoms with van der Waals surface area (Å²) in [5, 5.41) is 7.90. The summed E-state index contributed by atoms with van der Waals surface area (Å²) in [5.41, 5.74) is 3.33. The average Bonchev–Trinajstić information content (AvgIpc) is 2.78. The van der Waals surface area contributed by atoms with E-state index in [4.69, 9.17) is 0 Å². The molecule has 4 nitrogen and oxygen atoms in total. The Morgan fingerprint density at radius 3 is 2.68 bits per heavy atom. The Morgan fingerprint density at radius 1 is 1.32 bits per heavy atom. The molecule has 19 heavy (non-hydrogen) atoms. The van der Waals surface area contributed by atoms with Gasteiger partial charge in [-0.3, -0.25) is 9.67 Å². The van der Waals surface area contributed by atoms with E-state index in [1.54, 1.807) is 0 Å². The normalized spacial score (nSPS) is 12.6. The molecule has 1 unspecified atom stereocenters. The molecule has 0 bridgehead atoms. The topological polar surface area (TPSA) is 42.7 Å². The maximum absolute atomic E-state index is 4.39. The highest BCUT2D eigenvalue weighted by Gasteiger charge is 2.20. The van der Waals surface area contributed by atoms with Gasteiger partial charge in [-0.25, -0.2) is 0 Å². The van der Waals surface area contributed by atoms with Crippen molar-refractivity contribution < 1.29 is 0 Å². The lowest BCUT2D eigenvalue weighted by Crippen LogP contribution is -2.25. The molecule has 102 valence electrons. The first kappa shape index (κ1) is 14.2. The Labute approximate surface area is 122 Å². The van der Waals surface area contributed by atoms with Crippen molar-refractivity contribution in [3.63, 3.8) is 0 Å². The van der Waals surface area contributed by atoms with Gasteiger partial charge in [0.1, 0.15) is 0 Å². The molecule has 0 saturated heterocycles. The molecule has 2 aromatic heterocycles. The number of aromatic nitrogens is 3. The Bertz CT molecular complexity index is 533. The molecule has 2 rings (SSSR count). The van der Waals surface area contributed by atoms with Crippen LogP contribution < -0.4 is 5.32 Å². The van der Waals surface area contributed by atoms with Crippen LogP contribution in [-0.2, 0) is 6.54 Å². The van der Waals surface area contributed by atoms with Crippen LogP contribution in [0.2, 0.25) is 0 Å². The molecule has 2 heterocycles. The quantitative estimate of drug-likeness (QED) is 0.919. The minimum atomic E-state index is 0.106. The summed E-state index contributed by atoms with van der Waals surface area (Å²) in [6.45, 7) is 7.94. The van der Waals surface area contributed by atoms with Gasteiger partial charge in [-0.15, -0.1) is 0 Å². The Kier molecular flexibility index (Phi) is 4.71. The zero-order valence-corrected chi connectivity index (χ0v) is 13.1. The van der Waals surface area contributed by atoms with E-state index < -0.39 is 0 Å². The van der Waals surface area contributed by atoms with E-state index in [-0.39, 0.29) is 6.04 Å². The number of hydrogen-bond donors (Lipinski definition) is 1. The van der Waals surface area contributed by atoms with Crippen molar-refractivity contribution in [1.82, 2.24) is 20.1 Å².